The van der Waals surface area contributed by atoms with Gasteiger partial charge in [-0.05, 0) is 11.6 Å². The van der Waals surface area contributed by atoms with E-state index in [1.165, 1.54) is 6.92 Å². The van der Waals surface area contributed by atoms with E-state index in [2.05, 4.69) is 5.32 Å². The molecule has 1 atom stereocenters. The van der Waals surface area contributed by atoms with Gasteiger partial charge in [0.2, 0.25) is 11.8 Å². The van der Waals surface area contributed by atoms with Crippen molar-refractivity contribution in [1.29, 1.82) is 0 Å². The molecule has 1 aromatic carbocycles. The first-order valence-corrected chi connectivity index (χ1v) is 8.95. The molecule has 7 nitrogen and oxygen atoms in total. The zero-order valence-electron chi connectivity index (χ0n) is 14.8. The number of carboxylic acids is 1. The first kappa shape index (κ1) is 20.2. The van der Waals surface area contributed by atoms with Gasteiger partial charge in [0.05, 0.1) is 5.92 Å². The van der Waals surface area contributed by atoms with Crippen LogP contribution in [0, 0.1) is 5.92 Å². The summed E-state index contributed by atoms with van der Waals surface area (Å²) in [6.45, 7) is 4.48. The molecule has 1 aliphatic heterocycles. The van der Waals surface area contributed by atoms with Crippen LogP contribution in [0.3, 0.4) is 0 Å². The Kier molecular flexibility index (Phi) is 7.41. The molecule has 1 fully saturated rings. The zero-order valence-corrected chi connectivity index (χ0v) is 15.5. The summed E-state index contributed by atoms with van der Waals surface area (Å²) in [6.07, 6.45) is -0.0906. The molecule has 1 unspecified atom stereocenters. The minimum atomic E-state index is -0.994. The predicted molar refractivity (Wildman–Crippen MR) is 97.7 cm³/mol. The number of benzene rings is 1. The maximum Gasteiger partial charge on any atom is 0.308 e. The number of carbonyl (C=O) groups is 3. The van der Waals surface area contributed by atoms with Crippen molar-refractivity contribution < 1.29 is 19.5 Å². The average Bonchev–Trinajstić information content (AvgIpc) is 2.61. The van der Waals surface area contributed by atoms with Crippen molar-refractivity contribution in [3.8, 4) is 0 Å². The van der Waals surface area contributed by atoms with E-state index in [9.17, 15) is 19.5 Å². The molecule has 1 aliphatic rings. The van der Waals surface area contributed by atoms with Crippen LogP contribution in [0.1, 0.15) is 18.9 Å². The summed E-state index contributed by atoms with van der Waals surface area (Å²) >= 11 is 6.05. The third kappa shape index (κ3) is 6.00. The quantitative estimate of drug-likeness (QED) is 0.741. The summed E-state index contributed by atoms with van der Waals surface area (Å²) in [5.41, 5.74) is 0.787. The highest BCUT2D eigenvalue weighted by Gasteiger charge is 2.26. The van der Waals surface area contributed by atoms with E-state index >= 15 is 0 Å². The van der Waals surface area contributed by atoms with Gasteiger partial charge in [0.1, 0.15) is 0 Å². The number of carboxylic acid groups (broad SMARTS) is 1. The second-order valence-corrected chi connectivity index (χ2v) is 6.82. The maximum atomic E-state index is 12.1. The van der Waals surface area contributed by atoms with Crippen LogP contribution >= 0.6 is 11.6 Å². The molecule has 0 bridgehead atoms. The molecule has 2 N–H and O–H groups in total. The Morgan fingerprint density at radius 2 is 1.85 bits per heavy atom. The van der Waals surface area contributed by atoms with Gasteiger partial charge in [0.25, 0.3) is 0 Å². The molecule has 0 radical (unpaired) electrons. The van der Waals surface area contributed by atoms with Crippen molar-refractivity contribution in [2.75, 3.05) is 32.7 Å². The third-order valence-electron chi connectivity index (χ3n) is 4.51. The number of carbonyl (C=O) groups excluding carboxylic acids is 2. The maximum absolute atomic E-state index is 12.1. The van der Waals surface area contributed by atoms with Crippen LogP contribution in [0.2, 0.25) is 5.02 Å². The molecule has 2 rings (SSSR count). The minimum absolute atomic E-state index is 0.0263. The summed E-state index contributed by atoms with van der Waals surface area (Å²) < 4.78 is 0. The van der Waals surface area contributed by atoms with E-state index in [4.69, 9.17) is 11.6 Å². The summed E-state index contributed by atoms with van der Waals surface area (Å²) in [5.74, 6) is -2.07. The Morgan fingerprint density at radius 3 is 2.42 bits per heavy atom. The Balaban J connectivity index is 1.82. The number of nitrogens with zero attached hydrogens (tertiary/aromatic N) is 2. The summed E-state index contributed by atoms with van der Waals surface area (Å²) in [6, 6.07) is 7.18. The Hall–Kier alpha value is -2.12. The van der Waals surface area contributed by atoms with E-state index < -0.39 is 11.9 Å². The Morgan fingerprint density at radius 1 is 1.19 bits per heavy atom. The van der Waals surface area contributed by atoms with Crippen LogP contribution in [-0.4, -0.2) is 65.4 Å². The normalized spacial score (nSPS) is 16.2. The third-order valence-corrected chi connectivity index (χ3v) is 4.88. The van der Waals surface area contributed by atoms with Gasteiger partial charge in [0.15, 0.2) is 0 Å². The van der Waals surface area contributed by atoms with Gasteiger partial charge >= 0.3 is 5.97 Å². The Bertz CT molecular complexity index is 660. The molecular formula is C18H24ClN3O4. The highest BCUT2D eigenvalue weighted by Crippen LogP contribution is 2.15. The standard InChI is InChI=1S/C18H24ClN3O4/c1-13(23)22-8-6-21(7-9-22)12-15(18(25)26)10-17(24)20-11-14-4-2-3-5-16(14)19/h2-5,15H,6-12H2,1H3,(H,20,24)(H,25,26). The Labute approximate surface area is 157 Å². The number of rotatable bonds is 7. The molecule has 1 heterocycles. The molecular weight excluding hydrogens is 358 g/mol. The number of halogens is 1. The number of hydrogen-bond acceptors (Lipinski definition) is 4. The van der Waals surface area contributed by atoms with Gasteiger partial charge in [0, 0.05) is 57.6 Å². The fourth-order valence-electron chi connectivity index (χ4n) is 2.92. The number of hydrogen-bond donors (Lipinski definition) is 2. The fourth-order valence-corrected chi connectivity index (χ4v) is 3.12. The number of amides is 2. The summed E-state index contributed by atoms with van der Waals surface area (Å²) in [7, 11) is 0. The van der Waals surface area contributed by atoms with Gasteiger partial charge in [-0.3, -0.25) is 19.3 Å². The number of nitrogens with one attached hydrogen (secondary N) is 1. The lowest BCUT2D eigenvalue weighted by atomic mass is 10.0. The van der Waals surface area contributed by atoms with Gasteiger partial charge in [-0.1, -0.05) is 29.8 Å². The first-order chi connectivity index (χ1) is 12.4. The van der Waals surface area contributed by atoms with Crippen LogP contribution in [-0.2, 0) is 20.9 Å². The minimum Gasteiger partial charge on any atom is -0.481 e. The summed E-state index contributed by atoms with van der Waals surface area (Å²) in [5, 5.41) is 12.7. The van der Waals surface area contributed by atoms with E-state index in [0.717, 1.165) is 5.56 Å². The first-order valence-electron chi connectivity index (χ1n) is 8.57. The number of aliphatic carboxylic acids is 1. The fraction of sp³-hybridized carbons (Fsp3) is 0.500. The zero-order chi connectivity index (χ0) is 19.1. The van der Waals surface area contributed by atoms with Gasteiger partial charge < -0.3 is 15.3 Å². The lowest BCUT2D eigenvalue weighted by molar-refractivity contribution is -0.145. The van der Waals surface area contributed by atoms with E-state index in [1.807, 2.05) is 17.0 Å². The van der Waals surface area contributed by atoms with Crippen LogP contribution in [0.25, 0.3) is 0 Å². The highest BCUT2D eigenvalue weighted by atomic mass is 35.5. The molecule has 26 heavy (non-hydrogen) atoms. The van der Waals surface area contributed by atoms with Crippen LogP contribution < -0.4 is 5.32 Å². The molecule has 142 valence electrons. The second kappa shape index (κ2) is 9.54. The molecule has 1 saturated heterocycles. The van der Waals surface area contributed by atoms with E-state index in [1.54, 1.807) is 17.0 Å². The summed E-state index contributed by atoms with van der Waals surface area (Å²) in [4.78, 5) is 38.7. The van der Waals surface area contributed by atoms with Crippen molar-refractivity contribution in [3.63, 3.8) is 0 Å². The van der Waals surface area contributed by atoms with Gasteiger partial charge in [-0.25, -0.2) is 0 Å². The predicted octanol–water partition coefficient (Wildman–Crippen LogP) is 1.21. The van der Waals surface area contributed by atoms with Crippen LogP contribution in [0.15, 0.2) is 24.3 Å². The highest BCUT2D eigenvalue weighted by molar-refractivity contribution is 6.31. The van der Waals surface area contributed by atoms with Crippen molar-refractivity contribution >= 4 is 29.4 Å². The van der Waals surface area contributed by atoms with E-state index in [0.29, 0.717) is 37.7 Å². The van der Waals surface area contributed by atoms with Crippen molar-refractivity contribution in [2.45, 2.75) is 19.9 Å². The van der Waals surface area contributed by atoms with Crippen LogP contribution in [0.4, 0.5) is 0 Å². The molecule has 1 aromatic rings. The topological polar surface area (TPSA) is 90.0 Å². The van der Waals surface area contributed by atoms with Crippen LogP contribution in [0.5, 0.6) is 0 Å². The molecule has 2 amide bonds. The van der Waals surface area contributed by atoms with E-state index in [-0.39, 0.29) is 24.8 Å². The molecule has 8 heteroatoms. The van der Waals surface area contributed by atoms with Crippen molar-refractivity contribution in [1.82, 2.24) is 15.1 Å². The van der Waals surface area contributed by atoms with Gasteiger partial charge in [-0.15, -0.1) is 0 Å². The molecule has 0 aliphatic carbocycles. The largest absolute Gasteiger partial charge is 0.481 e. The molecule has 0 spiro atoms. The molecule has 0 aromatic heterocycles. The lowest BCUT2D eigenvalue weighted by Crippen LogP contribution is -2.50. The monoisotopic (exact) mass is 381 g/mol. The van der Waals surface area contributed by atoms with Crippen molar-refractivity contribution in [2.24, 2.45) is 5.92 Å². The molecule has 0 saturated carbocycles. The SMILES string of the molecule is CC(=O)N1CCN(CC(CC(=O)NCc2ccccc2Cl)C(=O)O)CC1. The second-order valence-electron chi connectivity index (χ2n) is 6.41. The lowest BCUT2D eigenvalue weighted by Gasteiger charge is -2.35. The van der Waals surface area contributed by atoms with Gasteiger partial charge in [-0.2, -0.15) is 0 Å². The average molecular weight is 382 g/mol. The number of piperazine rings is 1. The van der Waals surface area contributed by atoms with Crippen molar-refractivity contribution in [3.05, 3.63) is 34.9 Å². The smallest absolute Gasteiger partial charge is 0.308 e.